The van der Waals surface area contributed by atoms with Gasteiger partial charge in [-0.05, 0) is 37.8 Å². The first kappa shape index (κ1) is 13.3. The summed E-state index contributed by atoms with van der Waals surface area (Å²) in [6.45, 7) is 3.32. The van der Waals surface area contributed by atoms with E-state index in [1.54, 1.807) is 0 Å². The fourth-order valence-corrected chi connectivity index (χ4v) is 2.17. The normalized spacial score (nSPS) is 16.6. The molecule has 4 nitrogen and oxygen atoms in total. The van der Waals surface area contributed by atoms with Gasteiger partial charge in [-0.25, -0.2) is 9.97 Å². The average molecular weight is 248 g/mol. The lowest BCUT2D eigenvalue weighted by atomic mass is 10.1. The van der Waals surface area contributed by atoms with Gasteiger partial charge < -0.3 is 10.2 Å². The summed E-state index contributed by atoms with van der Waals surface area (Å²) in [5.74, 6) is 1.66. The fourth-order valence-electron chi connectivity index (χ4n) is 2.17. The molecule has 1 aromatic rings. The van der Waals surface area contributed by atoms with Crippen molar-refractivity contribution in [1.82, 2.24) is 15.3 Å². The van der Waals surface area contributed by atoms with E-state index in [9.17, 15) is 0 Å². The van der Waals surface area contributed by atoms with Gasteiger partial charge in [-0.15, -0.1) is 0 Å². The van der Waals surface area contributed by atoms with Crippen molar-refractivity contribution in [2.45, 2.75) is 38.6 Å². The predicted octanol–water partition coefficient (Wildman–Crippen LogP) is 1.86. The third-order valence-electron chi connectivity index (χ3n) is 3.38. The van der Waals surface area contributed by atoms with Gasteiger partial charge >= 0.3 is 0 Å². The number of nitrogens with zero attached hydrogens (tertiary/aromatic N) is 3. The van der Waals surface area contributed by atoms with Crippen molar-refractivity contribution in [2.75, 3.05) is 25.5 Å². The van der Waals surface area contributed by atoms with E-state index in [4.69, 9.17) is 0 Å². The molecule has 1 aromatic heterocycles. The van der Waals surface area contributed by atoms with Crippen LogP contribution in [-0.2, 0) is 6.42 Å². The van der Waals surface area contributed by atoms with Crippen molar-refractivity contribution in [3.8, 4) is 0 Å². The van der Waals surface area contributed by atoms with E-state index in [1.807, 2.05) is 31.3 Å². The maximum atomic E-state index is 4.61. The first-order chi connectivity index (χ1) is 8.70. The van der Waals surface area contributed by atoms with E-state index in [1.165, 1.54) is 19.3 Å². The van der Waals surface area contributed by atoms with Gasteiger partial charge in [0.1, 0.15) is 0 Å². The molecule has 1 fully saturated rings. The molecule has 2 rings (SSSR count). The summed E-state index contributed by atoms with van der Waals surface area (Å²) in [4.78, 5) is 10.8. The van der Waals surface area contributed by atoms with Crippen molar-refractivity contribution in [3.63, 3.8) is 0 Å². The molecule has 0 amide bonds. The molecule has 1 N–H and O–H groups in total. The van der Waals surface area contributed by atoms with Crippen LogP contribution in [0.4, 0.5) is 5.95 Å². The van der Waals surface area contributed by atoms with Crippen LogP contribution < -0.4 is 10.2 Å². The molecule has 0 saturated heterocycles. The Bertz CT molecular complexity index is 374. The van der Waals surface area contributed by atoms with Crippen molar-refractivity contribution in [1.29, 1.82) is 0 Å². The Kier molecular flexibility index (Phi) is 4.53. The minimum absolute atomic E-state index is 0.592. The van der Waals surface area contributed by atoms with Gasteiger partial charge in [-0.3, -0.25) is 0 Å². The molecule has 0 bridgehead atoms. The average Bonchev–Trinajstić information content (AvgIpc) is 3.19. The molecular weight excluding hydrogens is 224 g/mol. The van der Waals surface area contributed by atoms with Gasteiger partial charge in [0.2, 0.25) is 5.95 Å². The monoisotopic (exact) mass is 248 g/mol. The van der Waals surface area contributed by atoms with Crippen LogP contribution in [0.25, 0.3) is 0 Å². The van der Waals surface area contributed by atoms with Crippen LogP contribution in [0, 0.1) is 5.92 Å². The Morgan fingerprint density at radius 1 is 1.44 bits per heavy atom. The van der Waals surface area contributed by atoms with Gasteiger partial charge in [0.05, 0.1) is 0 Å². The van der Waals surface area contributed by atoms with Crippen LogP contribution in [0.15, 0.2) is 12.3 Å². The highest BCUT2D eigenvalue weighted by Crippen LogP contribution is 2.33. The van der Waals surface area contributed by atoms with Crippen LogP contribution in [0.2, 0.25) is 0 Å². The van der Waals surface area contributed by atoms with E-state index < -0.39 is 0 Å². The molecule has 1 atom stereocenters. The quantitative estimate of drug-likeness (QED) is 0.799. The number of nitrogens with one attached hydrogen (secondary N) is 1. The summed E-state index contributed by atoms with van der Waals surface area (Å²) >= 11 is 0. The van der Waals surface area contributed by atoms with Gasteiger partial charge in [-0.1, -0.05) is 6.92 Å². The summed E-state index contributed by atoms with van der Waals surface area (Å²) < 4.78 is 0. The number of hydrogen-bond acceptors (Lipinski definition) is 4. The molecule has 1 aliphatic rings. The van der Waals surface area contributed by atoms with Crippen molar-refractivity contribution >= 4 is 5.95 Å². The lowest BCUT2D eigenvalue weighted by Crippen LogP contribution is -2.34. The minimum atomic E-state index is 0.592. The smallest absolute Gasteiger partial charge is 0.224 e. The zero-order chi connectivity index (χ0) is 13.0. The standard InChI is InChI=1S/C14H24N4/c1-4-8-15-13(11-5-6-11)10-12-7-9-16-14(17-12)18(2)3/h7,9,11,13,15H,4-6,8,10H2,1-3H3. The molecular formula is C14H24N4. The van der Waals surface area contributed by atoms with E-state index in [-0.39, 0.29) is 0 Å². The summed E-state index contributed by atoms with van der Waals surface area (Å²) in [5, 5.41) is 3.65. The number of aromatic nitrogens is 2. The van der Waals surface area contributed by atoms with E-state index >= 15 is 0 Å². The zero-order valence-electron chi connectivity index (χ0n) is 11.7. The van der Waals surface area contributed by atoms with Crippen molar-refractivity contribution in [3.05, 3.63) is 18.0 Å². The topological polar surface area (TPSA) is 41.1 Å². The van der Waals surface area contributed by atoms with E-state index in [0.29, 0.717) is 6.04 Å². The molecule has 1 heterocycles. The highest BCUT2D eigenvalue weighted by Gasteiger charge is 2.30. The first-order valence-electron chi connectivity index (χ1n) is 6.93. The first-order valence-corrected chi connectivity index (χ1v) is 6.93. The summed E-state index contributed by atoms with van der Waals surface area (Å²) in [5.41, 5.74) is 1.15. The maximum Gasteiger partial charge on any atom is 0.224 e. The summed E-state index contributed by atoms with van der Waals surface area (Å²) in [7, 11) is 3.96. The Hall–Kier alpha value is -1.16. The highest BCUT2D eigenvalue weighted by molar-refractivity contribution is 5.27. The molecule has 4 heteroatoms. The third-order valence-corrected chi connectivity index (χ3v) is 3.38. The SMILES string of the molecule is CCCNC(Cc1ccnc(N(C)C)n1)C1CC1. The van der Waals surface area contributed by atoms with Gasteiger partial charge in [0.15, 0.2) is 0 Å². The van der Waals surface area contributed by atoms with E-state index in [0.717, 1.165) is 30.5 Å². The molecule has 0 aliphatic heterocycles. The van der Waals surface area contributed by atoms with Crippen LogP contribution in [0.1, 0.15) is 31.9 Å². The largest absolute Gasteiger partial charge is 0.347 e. The lowest BCUT2D eigenvalue weighted by molar-refractivity contribution is 0.456. The predicted molar refractivity (Wildman–Crippen MR) is 74.9 cm³/mol. The Labute approximate surface area is 110 Å². The summed E-state index contributed by atoms with van der Waals surface area (Å²) in [6, 6.07) is 2.63. The second-order valence-corrected chi connectivity index (χ2v) is 5.34. The lowest BCUT2D eigenvalue weighted by Gasteiger charge is -2.18. The Balaban J connectivity index is 1.99. The molecule has 1 saturated carbocycles. The molecule has 18 heavy (non-hydrogen) atoms. The zero-order valence-corrected chi connectivity index (χ0v) is 11.7. The molecule has 100 valence electrons. The molecule has 1 aliphatic carbocycles. The van der Waals surface area contributed by atoms with Crippen LogP contribution in [0.3, 0.4) is 0 Å². The van der Waals surface area contributed by atoms with Gasteiger partial charge in [0.25, 0.3) is 0 Å². The maximum absolute atomic E-state index is 4.61. The Morgan fingerprint density at radius 3 is 2.83 bits per heavy atom. The molecule has 0 aromatic carbocycles. The minimum Gasteiger partial charge on any atom is -0.347 e. The second kappa shape index (κ2) is 6.14. The Morgan fingerprint density at radius 2 is 2.22 bits per heavy atom. The summed E-state index contributed by atoms with van der Waals surface area (Å²) in [6.07, 6.45) is 6.81. The highest BCUT2D eigenvalue weighted by atomic mass is 15.2. The molecule has 0 radical (unpaired) electrons. The fraction of sp³-hybridized carbons (Fsp3) is 0.714. The van der Waals surface area contributed by atoms with E-state index in [2.05, 4.69) is 22.2 Å². The van der Waals surface area contributed by atoms with Crippen LogP contribution in [-0.4, -0.2) is 36.6 Å². The number of anilines is 1. The third kappa shape index (κ3) is 3.67. The van der Waals surface area contributed by atoms with Crippen LogP contribution in [0.5, 0.6) is 0 Å². The van der Waals surface area contributed by atoms with Gasteiger partial charge in [-0.2, -0.15) is 0 Å². The van der Waals surface area contributed by atoms with Crippen molar-refractivity contribution < 1.29 is 0 Å². The number of rotatable bonds is 7. The second-order valence-electron chi connectivity index (χ2n) is 5.34. The number of hydrogen-bond donors (Lipinski definition) is 1. The molecule has 0 spiro atoms. The van der Waals surface area contributed by atoms with Crippen molar-refractivity contribution in [2.24, 2.45) is 5.92 Å². The van der Waals surface area contributed by atoms with Crippen LogP contribution >= 0.6 is 0 Å². The van der Waals surface area contributed by atoms with Gasteiger partial charge in [0, 0.05) is 38.4 Å². The molecule has 1 unspecified atom stereocenters.